The van der Waals surface area contributed by atoms with E-state index in [1.54, 1.807) is 29.6 Å². The lowest BCUT2D eigenvalue weighted by atomic mass is 10.1. The summed E-state index contributed by atoms with van der Waals surface area (Å²) in [6.45, 7) is 2.88. The monoisotopic (exact) mass is 331 g/mol. The summed E-state index contributed by atoms with van der Waals surface area (Å²) in [4.78, 5) is 26.8. The molecule has 128 valence electrons. The summed E-state index contributed by atoms with van der Waals surface area (Å²) in [5, 5.41) is 0. The summed E-state index contributed by atoms with van der Waals surface area (Å²) in [5.74, 6) is -0.455. The van der Waals surface area contributed by atoms with E-state index >= 15 is 0 Å². The highest BCUT2D eigenvalue weighted by atomic mass is 19.1. The number of hydrogen-bond acceptors (Lipinski definition) is 2. The van der Waals surface area contributed by atoms with E-state index in [2.05, 4.69) is 0 Å². The number of halogens is 1. The van der Waals surface area contributed by atoms with Crippen LogP contribution in [0.3, 0.4) is 0 Å². The molecule has 0 saturated carbocycles. The highest BCUT2D eigenvalue weighted by Crippen LogP contribution is 2.20. The van der Waals surface area contributed by atoms with Gasteiger partial charge in [-0.15, -0.1) is 0 Å². The van der Waals surface area contributed by atoms with Crippen LogP contribution in [-0.4, -0.2) is 27.0 Å². The zero-order valence-electron chi connectivity index (χ0n) is 14.3. The fraction of sp³-hybridized carbons (Fsp3) is 0.444. The van der Waals surface area contributed by atoms with E-state index < -0.39 is 0 Å². The number of carbonyl (C=O) groups excluding carboxylic acids is 1. The molecule has 0 aliphatic carbocycles. The number of hydrogen-bond donors (Lipinski definition) is 0. The number of aryl methyl sites for hydroxylation is 1. The van der Waals surface area contributed by atoms with E-state index in [1.165, 1.54) is 16.7 Å². The van der Waals surface area contributed by atoms with E-state index in [0.29, 0.717) is 18.8 Å². The maximum atomic E-state index is 13.2. The zero-order valence-corrected chi connectivity index (χ0v) is 14.3. The number of aromatic nitrogens is 2. The average Bonchev–Trinajstić information content (AvgIpc) is 2.81. The molecule has 0 radical (unpaired) electrons. The Morgan fingerprint density at radius 3 is 2.79 bits per heavy atom. The molecular weight excluding hydrogens is 309 g/mol. The normalized spacial score (nSPS) is 13.7. The van der Waals surface area contributed by atoms with Gasteiger partial charge in [0.15, 0.2) is 0 Å². The third-order valence-corrected chi connectivity index (χ3v) is 4.76. The lowest BCUT2D eigenvalue weighted by Gasteiger charge is -2.20. The van der Waals surface area contributed by atoms with Crippen LogP contribution >= 0.6 is 0 Å². The van der Waals surface area contributed by atoms with E-state index in [0.717, 1.165) is 36.1 Å². The molecule has 1 aliphatic heterocycles. The molecule has 0 spiro atoms. The third kappa shape index (κ3) is 2.77. The topological polar surface area (TPSA) is 47.2 Å². The smallest absolute Gasteiger partial charge is 0.328 e. The van der Waals surface area contributed by atoms with Crippen molar-refractivity contribution in [1.29, 1.82) is 0 Å². The first-order valence-corrected chi connectivity index (χ1v) is 8.19. The van der Waals surface area contributed by atoms with Gasteiger partial charge in [0, 0.05) is 27.2 Å². The number of carbonyl (C=O) groups is 1. The molecule has 0 bridgehead atoms. The minimum absolute atomic E-state index is 0.126. The minimum atomic E-state index is -0.283. The molecule has 0 N–H and O–H groups in total. The minimum Gasteiger partial charge on any atom is -0.336 e. The van der Waals surface area contributed by atoms with Crippen molar-refractivity contribution in [3.63, 3.8) is 0 Å². The molecule has 0 fully saturated rings. The summed E-state index contributed by atoms with van der Waals surface area (Å²) in [5.41, 5.74) is 2.88. The number of fused-ring (bicyclic) bond motifs is 1. The summed E-state index contributed by atoms with van der Waals surface area (Å²) < 4.78 is 16.4. The van der Waals surface area contributed by atoms with Crippen LogP contribution in [0.2, 0.25) is 0 Å². The quantitative estimate of drug-likeness (QED) is 0.866. The van der Waals surface area contributed by atoms with Crippen molar-refractivity contribution in [3.8, 4) is 0 Å². The van der Waals surface area contributed by atoms with Crippen LogP contribution in [-0.2, 0) is 26.6 Å². The number of benzene rings is 1. The van der Waals surface area contributed by atoms with Crippen molar-refractivity contribution < 1.29 is 9.18 Å². The fourth-order valence-electron chi connectivity index (χ4n) is 3.37. The Morgan fingerprint density at radius 1 is 1.33 bits per heavy atom. The molecule has 0 atom stereocenters. The molecule has 5 nitrogen and oxygen atoms in total. The zero-order chi connectivity index (χ0) is 17.4. The molecule has 24 heavy (non-hydrogen) atoms. The van der Waals surface area contributed by atoms with Gasteiger partial charge in [-0.1, -0.05) is 6.07 Å². The van der Waals surface area contributed by atoms with Crippen LogP contribution in [0.25, 0.3) is 0 Å². The molecule has 1 aromatic heterocycles. The fourth-order valence-corrected chi connectivity index (χ4v) is 3.37. The maximum Gasteiger partial charge on any atom is 0.328 e. The molecule has 1 amide bonds. The molecular formula is C18H22FN3O2. The lowest BCUT2D eigenvalue weighted by Crippen LogP contribution is -2.30. The predicted octanol–water partition coefficient (Wildman–Crippen LogP) is 2.24. The molecule has 2 heterocycles. The molecule has 6 heteroatoms. The summed E-state index contributed by atoms with van der Waals surface area (Å²) in [6.07, 6.45) is 2.71. The van der Waals surface area contributed by atoms with Gasteiger partial charge in [-0.25, -0.2) is 9.18 Å². The van der Waals surface area contributed by atoms with Gasteiger partial charge in [-0.3, -0.25) is 13.9 Å². The average molecular weight is 331 g/mol. The first-order valence-electron chi connectivity index (χ1n) is 8.19. The van der Waals surface area contributed by atoms with Crippen LogP contribution in [0.5, 0.6) is 0 Å². The third-order valence-electron chi connectivity index (χ3n) is 4.76. The number of rotatable bonds is 3. The molecule has 0 unspecified atom stereocenters. The van der Waals surface area contributed by atoms with E-state index in [1.807, 2.05) is 6.92 Å². The highest BCUT2D eigenvalue weighted by Gasteiger charge is 2.27. The molecule has 1 aromatic carbocycles. The summed E-state index contributed by atoms with van der Waals surface area (Å²) in [7, 11) is 3.36. The van der Waals surface area contributed by atoms with Crippen LogP contribution in [0, 0.1) is 12.7 Å². The molecule has 0 saturated heterocycles. The molecule has 2 aromatic rings. The van der Waals surface area contributed by atoms with Crippen LogP contribution in [0.4, 0.5) is 4.39 Å². The van der Waals surface area contributed by atoms with Crippen molar-refractivity contribution in [2.45, 2.75) is 39.3 Å². The Balaban J connectivity index is 1.90. The van der Waals surface area contributed by atoms with Crippen LogP contribution in [0.15, 0.2) is 23.0 Å². The van der Waals surface area contributed by atoms with Crippen molar-refractivity contribution in [3.05, 3.63) is 57.0 Å². The Hall–Kier alpha value is -2.37. The standard InChI is InChI=1S/C18H22FN3O2/c1-12-10-14(19)8-7-13(12)11-20(2)17(23)16-15-6-4-5-9-22(15)18(24)21(16)3/h7-8,10H,4-6,9,11H2,1-3H3. The first-order chi connectivity index (χ1) is 11.4. The van der Waals surface area contributed by atoms with Gasteiger partial charge >= 0.3 is 5.69 Å². The van der Waals surface area contributed by atoms with Crippen molar-refractivity contribution in [2.75, 3.05) is 7.05 Å². The van der Waals surface area contributed by atoms with Gasteiger partial charge in [-0.2, -0.15) is 0 Å². The Kier molecular flexibility index (Phi) is 4.30. The van der Waals surface area contributed by atoms with Gasteiger partial charge in [0.05, 0.1) is 5.69 Å². The first kappa shape index (κ1) is 16.5. The number of imidazole rings is 1. The lowest BCUT2D eigenvalue weighted by molar-refractivity contribution is 0.0773. The molecule has 3 rings (SSSR count). The predicted molar refractivity (Wildman–Crippen MR) is 89.5 cm³/mol. The van der Waals surface area contributed by atoms with E-state index in [4.69, 9.17) is 0 Å². The number of amides is 1. The number of nitrogens with zero attached hydrogens (tertiary/aromatic N) is 3. The van der Waals surface area contributed by atoms with E-state index in [-0.39, 0.29) is 17.4 Å². The Labute approximate surface area is 140 Å². The van der Waals surface area contributed by atoms with Crippen molar-refractivity contribution in [2.24, 2.45) is 7.05 Å². The van der Waals surface area contributed by atoms with Gasteiger partial charge in [0.1, 0.15) is 11.5 Å². The van der Waals surface area contributed by atoms with Crippen molar-refractivity contribution >= 4 is 5.91 Å². The Bertz CT molecular complexity index is 851. The largest absolute Gasteiger partial charge is 0.336 e. The van der Waals surface area contributed by atoms with Crippen LogP contribution < -0.4 is 5.69 Å². The van der Waals surface area contributed by atoms with E-state index in [9.17, 15) is 14.0 Å². The summed E-state index contributed by atoms with van der Waals surface area (Å²) >= 11 is 0. The SMILES string of the molecule is Cc1cc(F)ccc1CN(C)C(=O)c1c2n(c(=O)n1C)CCCC2. The molecule has 1 aliphatic rings. The highest BCUT2D eigenvalue weighted by molar-refractivity contribution is 5.93. The van der Waals surface area contributed by atoms with Gasteiger partial charge in [0.25, 0.3) is 5.91 Å². The van der Waals surface area contributed by atoms with Gasteiger partial charge in [-0.05, 0) is 49.4 Å². The second kappa shape index (κ2) is 6.26. The van der Waals surface area contributed by atoms with Gasteiger partial charge in [0.2, 0.25) is 0 Å². The second-order valence-electron chi connectivity index (χ2n) is 6.48. The second-order valence-corrected chi connectivity index (χ2v) is 6.48. The van der Waals surface area contributed by atoms with Crippen LogP contribution in [0.1, 0.15) is 40.2 Å². The summed E-state index contributed by atoms with van der Waals surface area (Å²) in [6, 6.07) is 4.56. The van der Waals surface area contributed by atoms with Crippen molar-refractivity contribution in [1.82, 2.24) is 14.0 Å². The maximum absolute atomic E-state index is 13.2. The Morgan fingerprint density at radius 2 is 2.08 bits per heavy atom. The van der Waals surface area contributed by atoms with Gasteiger partial charge < -0.3 is 4.90 Å².